The molecule has 0 heterocycles. The Morgan fingerprint density at radius 2 is 1.67 bits per heavy atom. The molecule has 3 aromatic carbocycles. The van der Waals surface area contributed by atoms with Crippen LogP contribution in [0.4, 0.5) is 14.5 Å². The first-order valence-corrected chi connectivity index (χ1v) is 16.0. The fourth-order valence-corrected chi connectivity index (χ4v) is 12.0. The fourth-order valence-electron chi connectivity index (χ4n) is 3.46. The van der Waals surface area contributed by atoms with Crippen LogP contribution >= 0.6 is 0 Å². The first-order chi connectivity index (χ1) is 16.8. The minimum atomic E-state index is -3.42. The molecular formula is C27H25AsF2N2O3S. The molecule has 0 aromatic heterocycles. The summed E-state index contributed by atoms with van der Waals surface area (Å²) in [5.41, 5.74) is 1.45. The van der Waals surface area contributed by atoms with Crippen LogP contribution in [0.15, 0.2) is 77.5 Å². The first-order valence-electron chi connectivity index (χ1n) is 10.9. The summed E-state index contributed by atoms with van der Waals surface area (Å²) in [5.74, 6) is -2.80. The number of anilines is 1. The number of carbonyl (C=O) groups excluding carboxylic acids is 1. The average molecular weight is 570 g/mol. The molecule has 186 valence electrons. The molecule has 1 atom stereocenters. The molecule has 9 heteroatoms. The van der Waals surface area contributed by atoms with Gasteiger partial charge in [-0.25, -0.2) is 4.39 Å². The van der Waals surface area contributed by atoms with Crippen LogP contribution in [-0.2, 0) is 12.9 Å². The van der Waals surface area contributed by atoms with E-state index >= 15 is 0 Å². The van der Waals surface area contributed by atoms with Gasteiger partial charge in [-0.15, -0.1) is 0 Å². The third-order valence-electron chi connectivity index (χ3n) is 5.12. The monoisotopic (exact) mass is 570 g/mol. The van der Waals surface area contributed by atoms with E-state index < -0.39 is 40.2 Å². The summed E-state index contributed by atoms with van der Waals surface area (Å²) in [4.78, 5) is 12.7. The van der Waals surface area contributed by atoms with Gasteiger partial charge in [0.2, 0.25) is 0 Å². The zero-order chi connectivity index (χ0) is 26.7. The number of carbonyl (C=O) groups is 1. The molecule has 0 aliphatic rings. The van der Waals surface area contributed by atoms with E-state index in [1.807, 2.05) is 20.8 Å². The summed E-state index contributed by atoms with van der Waals surface area (Å²) < 4.78 is 54.2. The Morgan fingerprint density at radius 1 is 1.03 bits per heavy atom. The zero-order valence-corrected chi connectivity index (χ0v) is 23.1. The number of hydrogen-bond acceptors (Lipinski definition) is 4. The molecule has 0 spiro atoms. The van der Waals surface area contributed by atoms with Gasteiger partial charge >= 0.3 is 171 Å². The molecule has 0 radical (unpaired) electrons. The van der Waals surface area contributed by atoms with E-state index in [2.05, 4.69) is 5.32 Å². The second kappa shape index (κ2) is 10.8. The van der Waals surface area contributed by atoms with Crippen molar-refractivity contribution >= 4 is 39.9 Å². The molecule has 1 amide bonds. The Labute approximate surface area is 215 Å². The van der Waals surface area contributed by atoms with E-state index in [1.54, 1.807) is 54.6 Å². The average Bonchev–Trinajstić information content (AvgIpc) is 2.82. The van der Waals surface area contributed by atoms with Gasteiger partial charge < -0.3 is 0 Å². The van der Waals surface area contributed by atoms with E-state index in [9.17, 15) is 22.0 Å². The topological polar surface area (TPSA) is 87.0 Å². The smallest absolute Gasteiger partial charge is 0.206 e. The molecule has 36 heavy (non-hydrogen) atoms. The van der Waals surface area contributed by atoms with Crippen LogP contribution in [0.3, 0.4) is 0 Å². The Balaban J connectivity index is 1.85. The van der Waals surface area contributed by atoms with Crippen LogP contribution in [0.1, 0.15) is 38.8 Å². The van der Waals surface area contributed by atoms with Gasteiger partial charge in [0.25, 0.3) is 0 Å². The molecule has 1 N–H and O–H groups in total. The van der Waals surface area contributed by atoms with Crippen molar-refractivity contribution in [1.29, 1.82) is 5.26 Å². The van der Waals surface area contributed by atoms with Crippen LogP contribution in [-0.4, -0.2) is 28.9 Å². The van der Waals surface area contributed by atoms with E-state index in [1.165, 1.54) is 19.1 Å². The molecule has 1 unspecified atom stereocenters. The van der Waals surface area contributed by atoms with Crippen LogP contribution in [0, 0.1) is 17.1 Å². The fraction of sp³-hybridized carbons (Fsp3) is 0.185. The number of nitrogens with zero attached hydrogens (tertiary/aromatic N) is 1. The van der Waals surface area contributed by atoms with Crippen molar-refractivity contribution in [3.05, 3.63) is 89.5 Å². The van der Waals surface area contributed by atoms with E-state index in [-0.39, 0.29) is 25.8 Å². The number of hydrogen-bond donors (Lipinski definition) is 1. The summed E-state index contributed by atoms with van der Waals surface area (Å²) in [7, 11) is -3.42. The minimum Gasteiger partial charge on any atom is -0.206 e. The second-order valence-electron chi connectivity index (χ2n) is 9.13. The normalized spacial score (nSPS) is 12.8. The van der Waals surface area contributed by atoms with Crippen LogP contribution in [0.5, 0.6) is 0 Å². The third-order valence-corrected chi connectivity index (χ3v) is 13.9. The molecule has 3 rings (SSSR count). The van der Waals surface area contributed by atoms with E-state index in [0.717, 1.165) is 6.07 Å². The van der Waals surface area contributed by atoms with Gasteiger partial charge in [-0.3, -0.25) is 0 Å². The summed E-state index contributed by atoms with van der Waals surface area (Å²) in [6, 6.07) is 18.4. The van der Waals surface area contributed by atoms with Gasteiger partial charge in [-0.05, 0) is 12.1 Å². The number of allylic oxidation sites excluding steroid dienone is 1. The molecule has 0 bridgehead atoms. The van der Waals surface area contributed by atoms with Gasteiger partial charge in [0.05, 0.1) is 5.56 Å². The molecule has 0 aliphatic heterocycles. The molecule has 5 nitrogen and oxygen atoms in total. The second-order valence-corrected chi connectivity index (χ2v) is 18.6. The number of nitriles is 1. The number of rotatable bonds is 6. The van der Waals surface area contributed by atoms with Crippen LogP contribution < -0.4 is 5.32 Å². The Bertz CT molecular complexity index is 1490. The molecule has 0 fully saturated rings. The van der Waals surface area contributed by atoms with E-state index in [4.69, 9.17) is 5.26 Å². The Kier molecular flexibility index (Phi) is 8.18. The number of benzene rings is 3. The van der Waals surface area contributed by atoms with Crippen molar-refractivity contribution in [3.63, 3.8) is 0 Å². The van der Waals surface area contributed by atoms with Gasteiger partial charge in [-0.2, -0.15) is 5.26 Å². The van der Waals surface area contributed by atoms with Crippen molar-refractivity contribution in [2.24, 2.45) is 0 Å². The van der Waals surface area contributed by atoms with Gasteiger partial charge in [-0.1, -0.05) is 6.07 Å². The van der Waals surface area contributed by atoms with Crippen LogP contribution in [0.2, 0.25) is 4.20 Å². The first kappa shape index (κ1) is 27.3. The Morgan fingerprint density at radius 3 is 2.28 bits per heavy atom. The predicted molar refractivity (Wildman–Crippen MR) is 139 cm³/mol. The predicted octanol–water partition coefficient (Wildman–Crippen LogP) is 6.05. The van der Waals surface area contributed by atoms with Gasteiger partial charge in [0.1, 0.15) is 11.9 Å². The van der Waals surface area contributed by atoms with Crippen molar-refractivity contribution in [2.45, 2.75) is 36.8 Å². The Hall–Kier alpha value is -3.27. The maximum atomic E-state index is 14.8. The summed E-state index contributed by atoms with van der Waals surface area (Å²) in [6.45, 7) is 7.11. The van der Waals surface area contributed by atoms with Crippen molar-refractivity contribution in [3.8, 4) is 17.2 Å². The van der Waals surface area contributed by atoms with Gasteiger partial charge in [0.15, 0.2) is 0 Å². The summed E-state index contributed by atoms with van der Waals surface area (Å²) in [5, 5.41) is 11.4. The third kappa shape index (κ3) is 6.48. The summed E-state index contributed by atoms with van der Waals surface area (Å²) in [6.07, 6.45) is 0. The minimum absolute atomic E-state index is 0.0395. The molecule has 0 aliphatic carbocycles. The summed E-state index contributed by atoms with van der Waals surface area (Å²) >= 11 is -1.34. The standard InChI is InChI=1S/C27H25AsF2N2O3S/c1-17(19-11-14-23(29)20(15-19)16-31)25(30)26(33)32-21-12-9-18(10-13-21)22-7-5-6-8-24(22)36(34,35)28-27(2,3)4/h5-15,28H,1-4H3,(H,32,33). The van der Waals surface area contributed by atoms with Crippen molar-refractivity contribution in [2.75, 3.05) is 5.32 Å². The molecule has 0 saturated heterocycles. The molecule has 0 saturated carbocycles. The molecular weight excluding hydrogens is 545 g/mol. The number of amides is 1. The maximum absolute atomic E-state index is 14.8. The van der Waals surface area contributed by atoms with Gasteiger partial charge in [0, 0.05) is 0 Å². The van der Waals surface area contributed by atoms with Crippen LogP contribution in [0.25, 0.3) is 16.7 Å². The van der Waals surface area contributed by atoms with E-state index in [0.29, 0.717) is 16.8 Å². The van der Waals surface area contributed by atoms with Crippen molar-refractivity contribution < 1.29 is 22.0 Å². The molecule has 3 aromatic rings. The zero-order valence-electron chi connectivity index (χ0n) is 20.2. The number of halogens is 2. The SMILES string of the molecule is CC(=C(F)C(=O)Nc1ccc(-c2ccccc2S(=O)(=O)[AsH]C(C)(C)C)cc1)c1ccc(F)c(C#N)c1. The van der Waals surface area contributed by atoms with Crippen molar-refractivity contribution in [1.82, 2.24) is 0 Å². The quantitative estimate of drug-likeness (QED) is 0.289. The number of nitrogens with one attached hydrogen (secondary N) is 1.